The van der Waals surface area contributed by atoms with Gasteiger partial charge in [-0.05, 0) is 31.6 Å². The summed E-state index contributed by atoms with van der Waals surface area (Å²) in [5, 5.41) is 3.11. The smallest absolute Gasteiger partial charge is 0.409 e. The van der Waals surface area contributed by atoms with Gasteiger partial charge < -0.3 is 15.0 Å². The van der Waals surface area contributed by atoms with E-state index in [4.69, 9.17) is 4.74 Å². The third-order valence-electron chi connectivity index (χ3n) is 4.26. The standard InChI is InChI=1S/C16H30N2O3/c1-4-6-14(7-5-2)15(19)17-12-13-8-10-18(11-9-13)16(20)21-3/h13-14H,4-12H2,1-3H3,(H,17,19). The zero-order chi connectivity index (χ0) is 15.7. The van der Waals surface area contributed by atoms with E-state index in [1.54, 1.807) is 4.90 Å². The number of nitrogens with one attached hydrogen (secondary N) is 1. The lowest BCUT2D eigenvalue weighted by molar-refractivity contribution is -0.125. The lowest BCUT2D eigenvalue weighted by Gasteiger charge is -2.31. The van der Waals surface area contributed by atoms with Crippen molar-refractivity contribution in [2.45, 2.75) is 52.4 Å². The maximum atomic E-state index is 12.2. The van der Waals surface area contributed by atoms with Gasteiger partial charge in [0.1, 0.15) is 0 Å². The summed E-state index contributed by atoms with van der Waals surface area (Å²) in [6, 6.07) is 0. The largest absolute Gasteiger partial charge is 0.453 e. The first-order chi connectivity index (χ1) is 10.1. The number of ether oxygens (including phenoxy) is 1. The fourth-order valence-electron chi connectivity index (χ4n) is 2.94. The third kappa shape index (κ3) is 5.94. The van der Waals surface area contributed by atoms with Crippen LogP contribution in [0.2, 0.25) is 0 Å². The van der Waals surface area contributed by atoms with E-state index in [1.165, 1.54) is 7.11 Å². The van der Waals surface area contributed by atoms with Crippen LogP contribution in [0.25, 0.3) is 0 Å². The average Bonchev–Trinajstić information content (AvgIpc) is 2.52. The van der Waals surface area contributed by atoms with Crippen LogP contribution in [0.4, 0.5) is 4.79 Å². The number of likely N-dealkylation sites (tertiary alicyclic amines) is 1. The van der Waals surface area contributed by atoms with Crippen LogP contribution in [0, 0.1) is 11.8 Å². The maximum Gasteiger partial charge on any atom is 0.409 e. The van der Waals surface area contributed by atoms with Gasteiger partial charge in [-0.15, -0.1) is 0 Å². The van der Waals surface area contributed by atoms with Crippen molar-refractivity contribution in [2.75, 3.05) is 26.7 Å². The Hall–Kier alpha value is -1.26. The number of hydrogen-bond donors (Lipinski definition) is 1. The molecule has 122 valence electrons. The molecule has 5 nitrogen and oxygen atoms in total. The SMILES string of the molecule is CCCC(CCC)C(=O)NCC1CCN(C(=O)OC)CC1. The lowest BCUT2D eigenvalue weighted by Crippen LogP contribution is -2.42. The highest BCUT2D eigenvalue weighted by Gasteiger charge is 2.24. The highest BCUT2D eigenvalue weighted by molar-refractivity contribution is 5.78. The summed E-state index contributed by atoms with van der Waals surface area (Å²) in [7, 11) is 1.41. The number of carbonyl (C=O) groups excluding carboxylic acids is 2. The fraction of sp³-hybridized carbons (Fsp3) is 0.875. The first-order valence-corrected chi connectivity index (χ1v) is 8.22. The second kappa shape index (κ2) is 9.64. The molecule has 1 aliphatic heterocycles. The molecule has 0 saturated carbocycles. The third-order valence-corrected chi connectivity index (χ3v) is 4.26. The molecule has 0 spiro atoms. The summed E-state index contributed by atoms with van der Waals surface area (Å²) in [6.45, 7) is 6.43. The molecule has 0 radical (unpaired) electrons. The van der Waals surface area contributed by atoms with Crippen molar-refractivity contribution in [1.82, 2.24) is 10.2 Å². The molecule has 1 heterocycles. The Morgan fingerprint density at radius 3 is 2.24 bits per heavy atom. The topological polar surface area (TPSA) is 58.6 Å². The van der Waals surface area contributed by atoms with E-state index in [2.05, 4.69) is 19.2 Å². The molecular weight excluding hydrogens is 268 g/mol. The summed E-state index contributed by atoms with van der Waals surface area (Å²) < 4.78 is 4.73. The van der Waals surface area contributed by atoms with Crippen molar-refractivity contribution in [3.8, 4) is 0 Å². The average molecular weight is 298 g/mol. The Bertz CT molecular complexity index is 319. The van der Waals surface area contributed by atoms with Crippen molar-refractivity contribution in [1.29, 1.82) is 0 Å². The van der Waals surface area contributed by atoms with E-state index in [-0.39, 0.29) is 17.9 Å². The molecule has 0 atom stereocenters. The Morgan fingerprint density at radius 1 is 1.19 bits per heavy atom. The summed E-state index contributed by atoms with van der Waals surface area (Å²) >= 11 is 0. The Morgan fingerprint density at radius 2 is 1.76 bits per heavy atom. The lowest BCUT2D eigenvalue weighted by atomic mass is 9.95. The summed E-state index contributed by atoms with van der Waals surface area (Å²) in [4.78, 5) is 25.3. The minimum absolute atomic E-state index is 0.162. The van der Waals surface area contributed by atoms with Crippen LogP contribution >= 0.6 is 0 Å². The molecule has 0 bridgehead atoms. The number of piperidine rings is 1. The van der Waals surface area contributed by atoms with Gasteiger partial charge >= 0.3 is 6.09 Å². The molecule has 0 aromatic rings. The van der Waals surface area contributed by atoms with Gasteiger partial charge in [0.15, 0.2) is 0 Å². The zero-order valence-electron chi connectivity index (χ0n) is 13.7. The quantitative estimate of drug-likeness (QED) is 0.786. The molecule has 0 aromatic heterocycles. The summed E-state index contributed by atoms with van der Waals surface area (Å²) in [6.07, 6.45) is 5.67. The van der Waals surface area contributed by atoms with Crippen LogP contribution < -0.4 is 5.32 Å². The number of hydrogen-bond acceptors (Lipinski definition) is 3. The molecule has 1 saturated heterocycles. The molecule has 1 N–H and O–H groups in total. The predicted octanol–water partition coefficient (Wildman–Crippen LogP) is 2.80. The zero-order valence-corrected chi connectivity index (χ0v) is 13.7. The van der Waals surface area contributed by atoms with Crippen molar-refractivity contribution < 1.29 is 14.3 Å². The van der Waals surface area contributed by atoms with E-state index in [1.807, 2.05) is 0 Å². The first-order valence-electron chi connectivity index (χ1n) is 8.22. The van der Waals surface area contributed by atoms with Crippen LogP contribution in [0.3, 0.4) is 0 Å². The minimum atomic E-state index is -0.247. The Kier molecular flexibility index (Phi) is 8.16. The van der Waals surface area contributed by atoms with E-state index in [0.29, 0.717) is 5.92 Å². The molecule has 2 amide bonds. The first kappa shape index (κ1) is 17.8. The molecule has 1 rings (SSSR count). The van der Waals surface area contributed by atoms with Gasteiger partial charge in [0.2, 0.25) is 5.91 Å². The Labute approximate surface area is 128 Å². The number of carbonyl (C=O) groups is 2. The second-order valence-electron chi connectivity index (χ2n) is 5.92. The molecule has 1 fully saturated rings. The molecule has 0 unspecified atom stereocenters. The van der Waals surface area contributed by atoms with Crippen molar-refractivity contribution in [3.05, 3.63) is 0 Å². The van der Waals surface area contributed by atoms with Crippen molar-refractivity contribution in [2.24, 2.45) is 11.8 Å². The van der Waals surface area contributed by atoms with Crippen LogP contribution in [0.15, 0.2) is 0 Å². The van der Waals surface area contributed by atoms with Gasteiger partial charge in [-0.25, -0.2) is 4.79 Å². The van der Waals surface area contributed by atoms with Gasteiger partial charge in [0.25, 0.3) is 0 Å². The van der Waals surface area contributed by atoms with Gasteiger partial charge in [0.05, 0.1) is 7.11 Å². The van der Waals surface area contributed by atoms with Crippen molar-refractivity contribution >= 4 is 12.0 Å². The number of methoxy groups -OCH3 is 1. The predicted molar refractivity (Wildman–Crippen MR) is 83.0 cm³/mol. The van der Waals surface area contributed by atoms with Crippen molar-refractivity contribution in [3.63, 3.8) is 0 Å². The monoisotopic (exact) mass is 298 g/mol. The van der Waals surface area contributed by atoms with Gasteiger partial charge in [-0.1, -0.05) is 26.7 Å². The van der Waals surface area contributed by atoms with E-state index >= 15 is 0 Å². The molecule has 1 aliphatic rings. The maximum absolute atomic E-state index is 12.2. The van der Waals surface area contributed by atoms with Crippen LogP contribution in [0.5, 0.6) is 0 Å². The van der Waals surface area contributed by atoms with E-state index in [9.17, 15) is 9.59 Å². The number of amides is 2. The summed E-state index contributed by atoms with van der Waals surface area (Å²) in [5.74, 6) is 0.836. The van der Waals surface area contributed by atoms with Crippen LogP contribution in [-0.4, -0.2) is 43.6 Å². The van der Waals surface area contributed by atoms with Gasteiger partial charge in [-0.3, -0.25) is 4.79 Å². The Balaban J connectivity index is 2.29. The number of rotatable bonds is 7. The highest BCUT2D eigenvalue weighted by Crippen LogP contribution is 2.18. The molecule has 21 heavy (non-hydrogen) atoms. The fourth-order valence-corrected chi connectivity index (χ4v) is 2.94. The second-order valence-corrected chi connectivity index (χ2v) is 5.92. The van der Waals surface area contributed by atoms with Gasteiger partial charge in [-0.2, -0.15) is 0 Å². The minimum Gasteiger partial charge on any atom is -0.453 e. The highest BCUT2D eigenvalue weighted by atomic mass is 16.5. The normalized spacial score (nSPS) is 16.1. The van der Waals surface area contributed by atoms with Gasteiger partial charge in [0, 0.05) is 25.6 Å². The molecular formula is C16H30N2O3. The molecule has 0 aromatic carbocycles. The van der Waals surface area contributed by atoms with E-state index < -0.39 is 0 Å². The van der Waals surface area contributed by atoms with E-state index in [0.717, 1.165) is 58.2 Å². The number of nitrogens with zero attached hydrogens (tertiary/aromatic N) is 1. The molecule has 0 aliphatic carbocycles. The summed E-state index contributed by atoms with van der Waals surface area (Å²) in [5.41, 5.74) is 0. The molecule has 5 heteroatoms. The van der Waals surface area contributed by atoms with Crippen LogP contribution in [-0.2, 0) is 9.53 Å². The van der Waals surface area contributed by atoms with Crippen LogP contribution in [0.1, 0.15) is 52.4 Å².